The highest BCUT2D eigenvalue weighted by atomic mass is 79.9. The maximum absolute atomic E-state index is 12.9. The van der Waals surface area contributed by atoms with Crippen LogP contribution in [0.25, 0.3) is 0 Å². The lowest BCUT2D eigenvalue weighted by Gasteiger charge is -2.15. The monoisotopic (exact) mass is 301 g/mol. The van der Waals surface area contributed by atoms with Crippen LogP contribution in [-0.4, -0.2) is 18.3 Å². The summed E-state index contributed by atoms with van der Waals surface area (Å²) >= 11 is 3.35. The molecule has 1 aromatic rings. The third-order valence-electron chi connectivity index (χ3n) is 3.43. The van der Waals surface area contributed by atoms with Crippen LogP contribution in [-0.2, 0) is 6.54 Å². The summed E-state index contributed by atoms with van der Waals surface area (Å²) in [4.78, 5) is 0. The van der Waals surface area contributed by atoms with Crippen LogP contribution in [0.1, 0.15) is 24.8 Å². The van der Waals surface area contributed by atoms with Gasteiger partial charge in [0, 0.05) is 24.2 Å². The van der Waals surface area contributed by atoms with Gasteiger partial charge in [0.2, 0.25) is 0 Å². The molecule has 0 heterocycles. The summed E-state index contributed by atoms with van der Waals surface area (Å²) in [6.45, 7) is 1.92. The SMILES string of the molecule is OCCC1(CNCc2ccc(F)cc2Br)CC1. The van der Waals surface area contributed by atoms with E-state index < -0.39 is 0 Å². The Morgan fingerprint density at radius 2 is 2.18 bits per heavy atom. The van der Waals surface area contributed by atoms with Crippen LogP contribution < -0.4 is 5.32 Å². The largest absolute Gasteiger partial charge is 0.396 e. The van der Waals surface area contributed by atoms with Crippen molar-refractivity contribution in [1.29, 1.82) is 0 Å². The lowest BCUT2D eigenvalue weighted by atomic mass is 10.0. The van der Waals surface area contributed by atoms with E-state index in [2.05, 4.69) is 21.2 Å². The minimum absolute atomic E-state index is 0.223. The van der Waals surface area contributed by atoms with Crippen LogP contribution in [0.3, 0.4) is 0 Å². The Bertz CT molecular complexity index is 393. The molecule has 1 fully saturated rings. The number of nitrogens with one attached hydrogen (secondary N) is 1. The second-order valence-corrected chi connectivity index (χ2v) is 5.67. The quantitative estimate of drug-likeness (QED) is 0.847. The number of hydrogen-bond donors (Lipinski definition) is 2. The first-order valence-corrected chi connectivity index (χ1v) is 6.70. The third kappa shape index (κ3) is 3.50. The molecule has 2 N–H and O–H groups in total. The Kier molecular flexibility index (Phi) is 4.17. The predicted molar refractivity (Wildman–Crippen MR) is 69.2 cm³/mol. The van der Waals surface area contributed by atoms with E-state index in [9.17, 15) is 4.39 Å². The van der Waals surface area contributed by atoms with Gasteiger partial charge in [0.25, 0.3) is 0 Å². The molecule has 0 bridgehead atoms. The summed E-state index contributed by atoms with van der Waals surface area (Å²) in [5.41, 5.74) is 1.38. The van der Waals surface area contributed by atoms with Crippen molar-refractivity contribution in [3.8, 4) is 0 Å². The van der Waals surface area contributed by atoms with Gasteiger partial charge < -0.3 is 10.4 Å². The van der Waals surface area contributed by atoms with Crippen LogP contribution in [0.2, 0.25) is 0 Å². The summed E-state index contributed by atoms with van der Waals surface area (Å²) in [5, 5.41) is 12.3. The second kappa shape index (κ2) is 5.46. The predicted octanol–water partition coefficient (Wildman–Crippen LogP) is 2.84. The van der Waals surface area contributed by atoms with Gasteiger partial charge >= 0.3 is 0 Å². The standard InChI is InChI=1S/C13H17BrFNO/c14-12-7-11(15)2-1-10(12)8-16-9-13(3-4-13)5-6-17/h1-2,7,16-17H,3-6,8-9H2. The van der Waals surface area contributed by atoms with Crippen molar-refractivity contribution in [2.24, 2.45) is 5.41 Å². The Labute approximate surface area is 109 Å². The minimum Gasteiger partial charge on any atom is -0.396 e. The fourth-order valence-corrected chi connectivity index (χ4v) is 2.55. The fourth-order valence-electron chi connectivity index (χ4n) is 2.06. The first-order chi connectivity index (χ1) is 8.15. The molecule has 0 saturated heterocycles. The van der Waals surface area contributed by atoms with Gasteiger partial charge in [-0.05, 0) is 42.4 Å². The van der Waals surface area contributed by atoms with Gasteiger partial charge in [-0.25, -0.2) is 4.39 Å². The van der Waals surface area contributed by atoms with Crippen LogP contribution in [0.15, 0.2) is 22.7 Å². The molecule has 2 rings (SSSR count). The molecule has 1 saturated carbocycles. The van der Waals surface area contributed by atoms with Gasteiger partial charge in [-0.2, -0.15) is 0 Å². The first kappa shape index (κ1) is 13.0. The van der Waals surface area contributed by atoms with E-state index in [1.54, 1.807) is 6.07 Å². The highest BCUT2D eigenvalue weighted by Crippen LogP contribution is 2.47. The van der Waals surface area contributed by atoms with Crippen LogP contribution in [0.5, 0.6) is 0 Å². The zero-order chi connectivity index (χ0) is 12.3. The lowest BCUT2D eigenvalue weighted by molar-refractivity contribution is 0.245. The van der Waals surface area contributed by atoms with E-state index in [-0.39, 0.29) is 12.4 Å². The van der Waals surface area contributed by atoms with Crippen molar-refractivity contribution >= 4 is 15.9 Å². The molecule has 1 aliphatic rings. The molecule has 0 atom stereocenters. The molecular formula is C13H17BrFNO. The molecule has 0 amide bonds. The molecule has 2 nitrogen and oxygen atoms in total. The minimum atomic E-state index is -0.223. The van der Waals surface area contributed by atoms with Crippen LogP contribution in [0, 0.1) is 11.2 Å². The lowest BCUT2D eigenvalue weighted by Crippen LogP contribution is -2.24. The van der Waals surface area contributed by atoms with Crippen molar-refractivity contribution in [2.75, 3.05) is 13.2 Å². The number of hydrogen-bond acceptors (Lipinski definition) is 2. The average molecular weight is 302 g/mol. The number of aliphatic hydroxyl groups is 1. The molecule has 0 spiro atoms. The molecule has 0 radical (unpaired) electrons. The van der Waals surface area contributed by atoms with Crippen molar-refractivity contribution in [1.82, 2.24) is 5.32 Å². The van der Waals surface area contributed by atoms with Gasteiger partial charge in [0.15, 0.2) is 0 Å². The van der Waals surface area contributed by atoms with Crippen molar-refractivity contribution < 1.29 is 9.50 Å². The van der Waals surface area contributed by atoms with E-state index in [0.29, 0.717) is 5.41 Å². The van der Waals surface area contributed by atoms with Crippen molar-refractivity contribution in [2.45, 2.75) is 25.8 Å². The van der Waals surface area contributed by atoms with Crippen molar-refractivity contribution in [3.63, 3.8) is 0 Å². The third-order valence-corrected chi connectivity index (χ3v) is 4.17. The summed E-state index contributed by atoms with van der Waals surface area (Å²) in [5.74, 6) is -0.223. The zero-order valence-electron chi connectivity index (χ0n) is 9.68. The topological polar surface area (TPSA) is 32.3 Å². The number of benzene rings is 1. The maximum atomic E-state index is 12.9. The fraction of sp³-hybridized carbons (Fsp3) is 0.538. The molecule has 0 unspecified atom stereocenters. The molecule has 4 heteroatoms. The molecular weight excluding hydrogens is 285 g/mol. The summed E-state index contributed by atoms with van der Waals surface area (Å²) in [6.07, 6.45) is 3.28. The Morgan fingerprint density at radius 1 is 1.41 bits per heavy atom. The number of halogens is 2. The Morgan fingerprint density at radius 3 is 2.76 bits per heavy atom. The molecule has 17 heavy (non-hydrogen) atoms. The number of aliphatic hydroxyl groups excluding tert-OH is 1. The van der Waals surface area contributed by atoms with Crippen LogP contribution >= 0.6 is 15.9 Å². The van der Waals surface area contributed by atoms with Gasteiger partial charge in [-0.15, -0.1) is 0 Å². The van der Waals surface area contributed by atoms with Crippen LogP contribution in [0.4, 0.5) is 4.39 Å². The van der Waals surface area contributed by atoms with E-state index in [1.807, 2.05) is 0 Å². The molecule has 94 valence electrons. The van der Waals surface area contributed by atoms with E-state index in [4.69, 9.17) is 5.11 Å². The average Bonchev–Trinajstić information content (AvgIpc) is 3.02. The summed E-state index contributed by atoms with van der Waals surface area (Å²) in [6, 6.07) is 4.75. The van der Waals surface area contributed by atoms with Crippen molar-refractivity contribution in [3.05, 3.63) is 34.1 Å². The van der Waals surface area contributed by atoms with Gasteiger partial charge in [0.05, 0.1) is 0 Å². The van der Waals surface area contributed by atoms with Gasteiger partial charge in [-0.3, -0.25) is 0 Å². The summed E-state index contributed by atoms with van der Waals surface area (Å²) < 4.78 is 13.7. The van der Waals surface area contributed by atoms with E-state index in [0.717, 1.165) is 29.5 Å². The van der Waals surface area contributed by atoms with Gasteiger partial charge in [-0.1, -0.05) is 22.0 Å². The Balaban J connectivity index is 1.82. The highest BCUT2D eigenvalue weighted by Gasteiger charge is 2.41. The first-order valence-electron chi connectivity index (χ1n) is 5.91. The Hall–Kier alpha value is -0.450. The van der Waals surface area contributed by atoms with E-state index in [1.165, 1.54) is 25.0 Å². The molecule has 0 aliphatic heterocycles. The summed E-state index contributed by atoms with van der Waals surface area (Å²) in [7, 11) is 0. The number of rotatable bonds is 6. The molecule has 1 aromatic carbocycles. The second-order valence-electron chi connectivity index (χ2n) is 4.81. The normalized spacial score (nSPS) is 17.1. The molecule has 0 aromatic heterocycles. The maximum Gasteiger partial charge on any atom is 0.124 e. The highest BCUT2D eigenvalue weighted by molar-refractivity contribution is 9.10. The zero-order valence-corrected chi connectivity index (χ0v) is 11.3. The smallest absolute Gasteiger partial charge is 0.124 e. The van der Waals surface area contributed by atoms with E-state index >= 15 is 0 Å². The van der Waals surface area contributed by atoms with Gasteiger partial charge in [0.1, 0.15) is 5.82 Å². The molecule has 1 aliphatic carbocycles.